The lowest BCUT2D eigenvalue weighted by atomic mass is 10.1. The van der Waals surface area contributed by atoms with Crippen LogP contribution in [0.5, 0.6) is 0 Å². The molecule has 0 N–H and O–H groups in total. The van der Waals surface area contributed by atoms with E-state index in [1.165, 1.54) is 11.3 Å². The average Bonchev–Trinajstić information content (AvgIpc) is 2.30. The number of rotatable bonds is 3. The van der Waals surface area contributed by atoms with Gasteiger partial charge in [0.1, 0.15) is 0 Å². The zero-order chi connectivity index (χ0) is 9.14. The second kappa shape index (κ2) is 3.94. The van der Waals surface area contributed by atoms with Gasteiger partial charge in [-0.15, -0.1) is 11.6 Å². The van der Waals surface area contributed by atoms with Crippen LogP contribution in [0.4, 0.5) is 0 Å². The first-order valence-electron chi connectivity index (χ1n) is 4.18. The molecule has 0 saturated heterocycles. The summed E-state index contributed by atoms with van der Waals surface area (Å²) in [7, 11) is 1.95. The second-order valence-electron chi connectivity index (χ2n) is 3.40. The Hall–Kier alpha value is -0.500. The highest BCUT2D eigenvalue weighted by atomic mass is 35.5. The van der Waals surface area contributed by atoms with Gasteiger partial charge in [0, 0.05) is 19.1 Å². The summed E-state index contributed by atoms with van der Waals surface area (Å²) < 4.78 is 1.85. The summed E-state index contributed by atoms with van der Waals surface area (Å²) in [6.45, 7) is 4.23. The highest BCUT2D eigenvalue weighted by Gasteiger charge is 2.07. The fourth-order valence-corrected chi connectivity index (χ4v) is 1.35. The average molecular weight is 187 g/mol. The van der Waals surface area contributed by atoms with Crippen molar-refractivity contribution in [3.8, 4) is 0 Å². The molecule has 2 nitrogen and oxygen atoms in total. The minimum atomic E-state index is 0.514. The number of aromatic nitrogens is 2. The zero-order valence-corrected chi connectivity index (χ0v) is 8.60. The SMILES string of the molecule is Cc1cn(C)nc1CC(C)CCl. The molecule has 0 radical (unpaired) electrons. The van der Waals surface area contributed by atoms with Gasteiger partial charge in [-0.05, 0) is 24.8 Å². The number of alkyl halides is 1. The van der Waals surface area contributed by atoms with Crippen LogP contribution in [0.15, 0.2) is 6.20 Å². The Morgan fingerprint density at radius 2 is 2.33 bits per heavy atom. The second-order valence-corrected chi connectivity index (χ2v) is 3.70. The van der Waals surface area contributed by atoms with E-state index >= 15 is 0 Å². The molecule has 0 bridgehead atoms. The Bertz CT molecular complexity index is 255. The maximum Gasteiger partial charge on any atom is 0.0656 e. The van der Waals surface area contributed by atoms with E-state index in [4.69, 9.17) is 11.6 Å². The van der Waals surface area contributed by atoms with E-state index < -0.39 is 0 Å². The van der Waals surface area contributed by atoms with E-state index in [1.54, 1.807) is 0 Å². The van der Waals surface area contributed by atoms with Crippen LogP contribution >= 0.6 is 11.6 Å². The summed E-state index contributed by atoms with van der Waals surface area (Å²) in [6.07, 6.45) is 3.02. The summed E-state index contributed by atoms with van der Waals surface area (Å²) in [5.41, 5.74) is 2.43. The molecule has 0 aromatic carbocycles. The summed E-state index contributed by atoms with van der Waals surface area (Å²) in [6, 6.07) is 0. The molecule has 0 amide bonds. The van der Waals surface area contributed by atoms with Gasteiger partial charge < -0.3 is 0 Å². The minimum absolute atomic E-state index is 0.514. The van der Waals surface area contributed by atoms with Crippen molar-refractivity contribution < 1.29 is 0 Å². The number of aryl methyl sites for hydroxylation is 2. The number of halogens is 1. The van der Waals surface area contributed by atoms with Gasteiger partial charge in [0.25, 0.3) is 0 Å². The molecule has 1 aromatic rings. The summed E-state index contributed by atoms with van der Waals surface area (Å²) in [4.78, 5) is 0. The molecular formula is C9H15ClN2. The zero-order valence-electron chi connectivity index (χ0n) is 7.84. The van der Waals surface area contributed by atoms with E-state index in [9.17, 15) is 0 Å². The molecule has 3 heteroatoms. The molecule has 0 fully saturated rings. The molecule has 0 spiro atoms. The van der Waals surface area contributed by atoms with Crippen LogP contribution in [0.3, 0.4) is 0 Å². The predicted molar refractivity (Wildman–Crippen MR) is 51.5 cm³/mol. The van der Waals surface area contributed by atoms with Crippen LogP contribution < -0.4 is 0 Å². The number of hydrogen-bond donors (Lipinski definition) is 0. The molecule has 1 atom stereocenters. The lowest BCUT2D eigenvalue weighted by Gasteiger charge is -2.04. The van der Waals surface area contributed by atoms with Crippen molar-refractivity contribution in [3.63, 3.8) is 0 Å². The van der Waals surface area contributed by atoms with Crippen LogP contribution in [0.1, 0.15) is 18.2 Å². The van der Waals surface area contributed by atoms with Gasteiger partial charge in [-0.1, -0.05) is 6.92 Å². The topological polar surface area (TPSA) is 17.8 Å². The highest BCUT2D eigenvalue weighted by molar-refractivity contribution is 6.18. The first kappa shape index (κ1) is 9.59. The van der Waals surface area contributed by atoms with Crippen molar-refractivity contribution in [1.82, 2.24) is 9.78 Å². The molecule has 1 rings (SSSR count). The highest BCUT2D eigenvalue weighted by Crippen LogP contribution is 2.11. The maximum atomic E-state index is 5.73. The van der Waals surface area contributed by atoms with E-state index in [0.717, 1.165) is 6.42 Å². The van der Waals surface area contributed by atoms with E-state index in [2.05, 4.69) is 18.9 Å². The first-order chi connectivity index (χ1) is 5.63. The van der Waals surface area contributed by atoms with E-state index in [-0.39, 0.29) is 0 Å². The van der Waals surface area contributed by atoms with Crippen LogP contribution in [0.25, 0.3) is 0 Å². The normalized spacial score (nSPS) is 13.3. The lowest BCUT2D eigenvalue weighted by Crippen LogP contribution is -2.03. The fraction of sp³-hybridized carbons (Fsp3) is 0.667. The standard InChI is InChI=1S/C9H15ClN2/c1-7(5-10)4-9-8(2)6-12(3)11-9/h6-7H,4-5H2,1-3H3. The third kappa shape index (κ3) is 2.24. The Kier molecular flexibility index (Phi) is 3.15. The predicted octanol–water partition coefficient (Wildman–Crippen LogP) is 2.15. The summed E-state index contributed by atoms with van der Waals surface area (Å²) in [5, 5.41) is 4.36. The van der Waals surface area contributed by atoms with Gasteiger partial charge in [0.2, 0.25) is 0 Å². The molecule has 1 heterocycles. The molecule has 0 aliphatic carbocycles. The Labute approximate surface area is 78.5 Å². The van der Waals surface area contributed by atoms with Gasteiger partial charge in [-0.2, -0.15) is 5.10 Å². The minimum Gasteiger partial charge on any atom is -0.275 e. The molecule has 1 aromatic heterocycles. The van der Waals surface area contributed by atoms with Crippen molar-refractivity contribution in [2.24, 2.45) is 13.0 Å². The lowest BCUT2D eigenvalue weighted by molar-refractivity contribution is 0.625. The number of nitrogens with zero attached hydrogens (tertiary/aromatic N) is 2. The van der Waals surface area contributed by atoms with Gasteiger partial charge in [-0.25, -0.2) is 0 Å². The quantitative estimate of drug-likeness (QED) is 0.662. The molecule has 1 unspecified atom stereocenters. The molecule has 0 aliphatic rings. The third-order valence-electron chi connectivity index (χ3n) is 1.92. The molecule has 0 aliphatic heterocycles. The smallest absolute Gasteiger partial charge is 0.0656 e. The largest absolute Gasteiger partial charge is 0.275 e. The van der Waals surface area contributed by atoms with Gasteiger partial charge >= 0.3 is 0 Å². The Morgan fingerprint density at radius 3 is 2.75 bits per heavy atom. The van der Waals surface area contributed by atoms with Crippen molar-refractivity contribution in [2.75, 3.05) is 5.88 Å². The third-order valence-corrected chi connectivity index (χ3v) is 2.45. The fourth-order valence-electron chi connectivity index (χ4n) is 1.24. The van der Waals surface area contributed by atoms with Crippen molar-refractivity contribution in [2.45, 2.75) is 20.3 Å². The van der Waals surface area contributed by atoms with Crippen molar-refractivity contribution in [1.29, 1.82) is 0 Å². The van der Waals surface area contributed by atoms with Gasteiger partial charge in [0.05, 0.1) is 5.69 Å². The molecular weight excluding hydrogens is 172 g/mol. The molecule has 68 valence electrons. The van der Waals surface area contributed by atoms with E-state index in [1.807, 2.05) is 17.9 Å². The summed E-state index contributed by atoms with van der Waals surface area (Å²) >= 11 is 5.73. The van der Waals surface area contributed by atoms with Crippen molar-refractivity contribution >= 4 is 11.6 Å². The monoisotopic (exact) mass is 186 g/mol. The number of hydrogen-bond acceptors (Lipinski definition) is 1. The van der Waals surface area contributed by atoms with Gasteiger partial charge in [0.15, 0.2) is 0 Å². The Balaban J connectivity index is 2.68. The van der Waals surface area contributed by atoms with Crippen LogP contribution in [-0.2, 0) is 13.5 Å². The maximum absolute atomic E-state index is 5.73. The molecule has 12 heavy (non-hydrogen) atoms. The Morgan fingerprint density at radius 1 is 1.67 bits per heavy atom. The van der Waals surface area contributed by atoms with Gasteiger partial charge in [-0.3, -0.25) is 4.68 Å². The summed E-state index contributed by atoms with van der Waals surface area (Å²) in [5.74, 6) is 1.22. The first-order valence-corrected chi connectivity index (χ1v) is 4.72. The molecule has 0 saturated carbocycles. The van der Waals surface area contributed by atoms with Crippen LogP contribution in [-0.4, -0.2) is 15.7 Å². The van der Waals surface area contributed by atoms with Crippen molar-refractivity contribution in [3.05, 3.63) is 17.5 Å². The van der Waals surface area contributed by atoms with Crippen LogP contribution in [0.2, 0.25) is 0 Å². The van der Waals surface area contributed by atoms with Crippen LogP contribution in [0, 0.1) is 12.8 Å². The van der Waals surface area contributed by atoms with E-state index in [0.29, 0.717) is 11.8 Å².